The summed E-state index contributed by atoms with van der Waals surface area (Å²) in [6, 6.07) is 14.9. The highest BCUT2D eigenvalue weighted by Gasteiger charge is 2.40. The van der Waals surface area contributed by atoms with Crippen molar-refractivity contribution in [2.75, 3.05) is 11.2 Å². The Morgan fingerprint density at radius 3 is 2.31 bits per heavy atom. The van der Waals surface area contributed by atoms with E-state index >= 15 is 0 Å². The summed E-state index contributed by atoms with van der Waals surface area (Å²) in [5, 5.41) is 5.74. The molecule has 3 aromatic rings. The number of nitrogens with one attached hydrogen (secondary N) is 2. The van der Waals surface area contributed by atoms with Gasteiger partial charge in [-0.2, -0.15) is 13.2 Å². The molecule has 0 bridgehead atoms. The third-order valence-electron chi connectivity index (χ3n) is 7.14. The predicted octanol–water partition coefficient (Wildman–Crippen LogP) is 5.45. The zero-order chi connectivity index (χ0) is 30.6. The van der Waals surface area contributed by atoms with Gasteiger partial charge in [0.1, 0.15) is 11.9 Å². The van der Waals surface area contributed by atoms with Gasteiger partial charge in [-0.3, -0.25) is 4.79 Å². The number of allylic oxidation sites excluding steroid dienone is 1. The Labute approximate surface area is 242 Å². The molecule has 0 fully saturated rings. The molecule has 0 amide bonds. The minimum atomic E-state index is -4.57. The maximum Gasteiger partial charge on any atom is 0.432 e. The Morgan fingerprint density at radius 2 is 1.67 bits per heavy atom. The summed E-state index contributed by atoms with van der Waals surface area (Å²) in [5.41, 5.74) is 1.70. The predicted molar refractivity (Wildman–Crippen MR) is 156 cm³/mol. The molecule has 42 heavy (non-hydrogen) atoms. The lowest BCUT2D eigenvalue weighted by molar-refractivity contribution is -0.0961. The Bertz CT molecular complexity index is 1780. The van der Waals surface area contributed by atoms with E-state index in [0.717, 1.165) is 12.5 Å². The van der Waals surface area contributed by atoms with Gasteiger partial charge >= 0.3 is 6.18 Å². The van der Waals surface area contributed by atoms with Crippen LogP contribution in [0.25, 0.3) is 22.6 Å². The van der Waals surface area contributed by atoms with Crippen LogP contribution in [0.3, 0.4) is 0 Å². The van der Waals surface area contributed by atoms with Gasteiger partial charge in [0.2, 0.25) is 0 Å². The molecule has 2 aliphatic rings. The molecule has 12 heteroatoms. The van der Waals surface area contributed by atoms with Gasteiger partial charge in [-0.15, -0.1) is 0 Å². The van der Waals surface area contributed by atoms with Gasteiger partial charge in [-0.1, -0.05) is 18.2 Å². The maximum absolute atomic E-state index is 13.6. The highest BCUT2D eigenvalue weighted by molar-refractivity contribution is 7.90. The quantitative estimate of drug-likeness (QED) is 0.389. The highest BCUT2D eigenvalue weighted by Crippen LogP contribution is 2.40. The van der Waals surface area contributed by atoms with Gasteiger partial charge in [0.25, 0.3) is 5.56 Å². The minimum Gasteiger partial charge on any atom is -0.468 e. The Balaban J connectivity index is 1.76. The molecular weight excluding hydrogens is 569 g/mol. The first-order valence-electron chi connectivity index (χ1n) is 13.3. The zero-order valence-electron chi connectivity index (χ0n) is 23.7. The van der Waals surface area contributed by atoms with Crippen molar-refractivity contribution in [1.82, 2.24) is 15.2 Å². The zero-order valence-corrected chi connectivity index (χ0v) is 24.5. The third kappa shape index (κ3) is 5.50. The molecule has 0 radical (unpaired) electrons. The number of sulfone groups is 1. The van der Waals surface area contributed by atoms with Crippen LogP contribution in [0.5, 0.6) is 0 Å². The lowest BCUT2D eigenvalue weighted by Crippen LogP contribution is -2.35. The van der Waals surface area contributed by atoms with E-state index in [1.54, 1.807) is 73.1 Å². The first kappa shape index (κ1) is 29.3. The number of alkyl halides is 3. The number of pyridine rings is 1. The van der Waals surface area contributed by atoms with Crippen molar-refractivity contribution >= 4 is 27.0 Å². The summed E-state index contributed by atoms with van der Waals surface area (Å²) < 4.78 is 73.1. The summed E-state index contributed by atoms with van der Waals surface area (Å²) in [4.78, 5) is 15.1. The minimum absolute atomic E-state index is 0.114. The van der Waals surface area contributed by atoms with Crippen molar-refractivity contribution in [3.8, 4) is 11.1 Å². The molecule has 2 N–H and O–H groups in total. The molecule has 222 valence electrons. The van der Waals surface area contributed by atoms with E-state index in [2.05, 4.69) is 10.6 Å². The summed E-state index contributed by atoms with van der Waals surface area (Å²) in [6.45, 7) is 7.14. The van der Waals surface area contributed by atoms with E-state index in [9.17, 15) is 26.4 Å². The SMILES string of the molecule is CC1NC(c2cc(-c3cccc(S(C)(=O)=O)c3)ccc2N2C=C(C(F)(F)F)NC2C)=C(c2cccn(C(C)C)c2=O)O1. The van der Waals surface area contributed by atoms with Crippen LogP contribution >= 0.6 is 0 Å². The number of benzene rings is 2. The van der Waals surface area contributed by atoms with Gasteiger partial charge in [0, 0.05) is 30.3 Å². The average molecular weight is 601 g/mol. The lowest BCUT2D eigenvalue weighted by atomic mass is 9.98. The fourth-order valence-corrected chi connectivity index (χ4v) is 5.75. The second-order valence-corrected chi connectivity index (χ2v) is 12.7. The van der Waals surface area contributed by atoms with Crippen LogP contribution in [-0.4, -0.2) is 37.8 Å². The first-order valence-corrected chi connectivity index (χ1v) is 15.2. The van der Waals surface area contributed by atoms with Crippen molar-refractivity contribution in [2.24, 2.45) is 0 Å². The van der Waals surface area contributed by atoms with E-state index in [1.165, 1.54) is 11.0 Å². The van der Waals surface area contributed by atoms with E-state index in [4.69, 9.17) is 4.74 Å². The largest absolute Gasteiger partial charge is 0.468 e. The van der Waals surface area contributed by atoms with Gasteiger partial charge in [0.05, 0.1) is 21.8 Å². The molecule has 8 nitrogen and oxygen atoms in total. The van der Waals surface area contributed by atoms with Crippen molar-refractivity contribution in [1.29, 1.82) is 0 Å². The summed E-state index contributed by atoms with van der Waals surface area (Å²) in [6.07, 6.45) is -2.03. The molecule has 2 atom stereocenters. The number of ether oxygens (including phenoxy) is 1. The van der Waals surface area contributed by atoms with E-state index < -0.39 is 34.1 Å². The van der Waals surface area contributed by atoms with Crippen LogP contribution in [-0.2, 0) is 14.6 Å². The van der Waals surface area contributed by atoms with Gasteiger partial charge < -0.3 is 24.8 Å². The third-order valence-corrected chi connectivity index (χ3v) is 8.25. The number of aromatic nitrogens is 1. The van der Waals surface area contributed by atoms with Crippen LogP contribution in [0, 0.1) is 0 Å². The number of anilines is 1. The normalized spacial score (nSPS) is 19.1. The van der Waals surface area contributed by atoms with Gasteiger partial charge in [-0.05, 0) is 75.2 Å². The summed E-state index contributed by atoms with van der Waals surface area (Å²) in [7, 11) is -3.49. The van der Waals surface area contributed by atoms with Crippen LogP contribution in [0.4, 0.5) is 18.9 Å². The van der Waals surface area contributed by atoms with Crippen LogP contribution in [0.2, 0.25) is 0 Å². The highest BCUT2D eigenvalue weighted by atomic mass is 32.2. The van der Waals surface area contributed by atoms with Crippen LogP contribution in [0.15, 0.2) is 82.4 Å². The molecule has 0 saturated carbocycles. The number of hydrogen-bond donors (Lipinski definition) is 2. The molecule has 0 aliphatic carbocycles. The number of rotatable bonds is 6. The van der Waals surface area contributed by atoms with Gasteiger partial charge in [0.15, 0.2) is 21.8 Å². The molecular formula is C30H31F3N4O4S. The van der Waals surface area contributed by atoms with E-state index in [0.29, 0.717) is 33.6 Å². The van der Waals surface area contributed by atoms with Crippen molar-refractivity contribution in [3.05, 3.63) is 94.2 Å². The molecule has 5 rings (SSSR count). The molecule has 2 aromatic carbocycles. The second-order valence-electron chi connectivity index (χ2n) is 10.6. The van der Waals surface area contributed by atoms with Crippen LogP contribution in [0.1, 0.15) is 44.9 Å². The van der Waals surface area contributed by atoms with Crippen molar-refractivity contribution in [2.45, 2.75) is 57.2 Å². The Morgan fingerprint density at radius 1 is 0.952 bits per heavy atom. The lowest BCUT2D eigenvalue weighted by Gasteiger charge is -2.26. The molecule has 2 aliphatic heterocycles. The van der Waals surface area contributed by atoms with Crippen molar-refractivity contribution < 1.29 is 26.3 Å². The Hall–Kier alpha value is -4.19. The van der Waals surface area contributed by atoms with Crippen LogP contribution < -0.4 is 21.1 Å². The average Bonchev–Trinajstić information content (AvgIpc) is 3.50. The molecule has 2 unspecified atom stereocenters. The number of hydrogen-bond acceptors (Lipinski definition) is 7. The maximum atomic E-state index is 13.6. The first-order chi connectivity index (χ1) is 19.6. The molecule has 1 aromatic heterocycles. The summed E-state index contributed by atoms with van der Waals surface area (Å²) >= 11 is 0. The molecule has 3 heterocycles. The number of halogens is 3. The second kappa shape index (κ2) is 10.6. The van der Waals surface area contributed by atoms with Gasteiger partial charge in [-0.25, -0.2) is 8.42 Å². The van der Waals surface area contributed by atoms with Crippen molar-refractivity contribution in [3.63, 3.8) is 0 Å². The monoisotopic (exact) mass is 600 g/mol. The molecule has 0 saturated heterocycles. The molecule has 0 spiro atoms. The fraction of sp³-hybridized carbons (Fsp3) is 0.300. The summed E-state index contributed by atoms with van der Waals surface area (Å²) in [5.74, 6) is 0.269. The number of nitrogens with zero attached hydrogens (tertiary/aromatic N) is 2. The topological polar surface area (TPSA) is 92.7 Å². The fourth-order valence-electron chi connectivity index (χ4n) is 5.08. The Kier molecular flexibility index (Phi) is 7.38. The van der Waals surface area contributed by atoms with E-state index in [-0.39, 0.29) is 22.3 Å². The smallest absolute Gasteiger partial charge is 0.432 e. The van der Waals surface area contributed by atoms with E-state index in [1.807, 2.05) is 13.8 Å². The standard InChI is InChI=1S/C30H31F3N4O4S/c1-17(2)36-13-7-10-23(29(36)38)28-27(35-19(4)41-28)24-15-21(20-8-6-9-22(14-20)42(5,39)40)11-12-25(24)37-16-26(30(31,32)33)34-18(37)3/h6-19,34-35H,1-5H3.